The van der Waals surface area contributed by atoms with Crippen LogP contribution in [0.1, 0.15) is 132 Å². The van der Waals surface area contributed by atoms with Crippen LogP contribution in [0.15, 0.2) is 84.9 Å². The van der Waals surface area contributed by atoms with Gasteiger partial charge in [0.05, 0.1) is 0 Å². The summed E-state index contributed by atoms with van der Waals surface area (Å²) in [6, 6.07) is 24.7. The molecule has 0 N–H and O–H groups in total. The second kappa shape index (κ2) is 32.5. The van der Waals surface area contributed by atoms with Gasteiger partial charge in [-0.05, 0) is 144 Å². The molecule has 0 heterocycles. The van der Waals surface area contributed by atoms with Crippen molar-refractivity contribution in [3.8, 4) is 0 Å². The lowest BCUT2D eigenvalue weighted by Gasteiger charge is -2.22. The zero-order valence-corrected chi connectivity index (χ0v) is 34.3. The maximum atomic E-state index is 12.6. The summed E-state index contributed by atoms with van der Waals surface area (Å²) < 4.78 is 75.6. The summed E-state index contributed by atoms with van der Waals surface area (Å²) in [7, 11) is 0. The lowest BCUT2D eigenvalue weighted by molar-refractivity contribution is 0.308. The molecule has 5 aromatic carbocycles. The van der Waals surface area contributed by atoms with Gasteiger partial charge in [-0.15, -0.1) is 0 Å². The van der Waals surface area contributed by atoms with Crippen LogP contribution >= 0.6 is 0 Å². The first-order chi connectivity index (χ1) is 25.2. The minimum atomic E-state index is -0.736. The molecule has 0 bridgehead atoms. The number of hydrogen-bond donors (Lipinski definition) is 0. The summed E-state index contributed by atoms with van der Waals surface area (Å²) in [5.74, 6) is -0.614. The van der Waals surface area contributed by atoms with Gasteiger partial charge in [-0.2, -0.15) is 0 Å². The van der Waals surface area contributed by atoms with Crippen molar-refractivity contribution in [1.29, 1.82) is 0 Å². The van der Waals surface area contributed by atoms with Crippen molar-refractivity contribution in [1.82, 2.24) is 0 Å². The van der Waals surface area contributed by atoms with E-state index >= 15 is 0 Å². The van der Waals surface area contributed by atoms with Gasteiger partial charge in [-0.3, -0.25) is 0 Å². The molecule has 0 atom stereocenters. The topological polar surface area (TPSA) is 0 Å². The predicted molar refractivity (Wildman–Crippen MR) is 250 cm³/mol. The number of rotatable bonds is 0. The fourth-order valence-electron chi connectivity index (χ4n) is 4.97. The Kier molecular flexibility index (Phi) is 35.2. The molecule has 1 aliphatic rings. The van der Waals surface area contributed by atoms with E-state index in [0.29, 0.717) is 27.8 Å². The Labute approximate surface area is 358 Å². The summed E-state index contributed by atoms with van der Waals surface area (Å²) in [6.07, 6.45) is 5.89. The van der Waals surface area contributed by atoms with E-state index in [9.17, 15) is 26.3 Å². The third-order valence-electron chi connectivity index (χ3n) is 9.07. The van der Waals surface area contributed by atoms with Gasteiger partial charge >= 0.3 is 0 Å². The average Bonchev–Trinajstić information content (AvgIpc) is 3.12. The van der Waals surface area contributed by atoms with Crippen molar-refractivity contribution in [2.45, 2.75) is 146 Å². The summed E-state index contributed by atoms with van der Waals surface area (Å²) >= 11 is 0. The monoisotopic (exact) mass is 831 g/mol. The Morgan fingerprint density at radius 2 is 0.559 bits per heavy atom. The van der Waals surface area contributed by atoms with E-state index in [-0.39, 0.29) is 54.3 Å². The van der Waals surface area contributed by atoms with Crippen LogP contribution in [-0.4, -0.2) is 0 Å². The minimum absolute atomic E-state index is 0. The van der Waals surface area contributed by atoms with Crippen molar-refractivity contribution in [3.63, 3.8) is 0 Å². The van der Waals surface area contributed by atoms with Crippen LogP contribution in [0.5, 0.6) is 0 Å². The van der Waals surface area contributed by atoms with Gasteiger partial charge < -0.3 is 0 Å². The second-order valence-electron chi connectivity index (χ2n) is 14.7. The van der Waals surface area contributed by atoms with Gasteiger partial charge in [-0.1, -0.05) is 148 Å². The highest BCUT2D eigenvalue weighted by atomic mass is 19.2. The molecule has 0 radical (unpaired) electrons. The first kappa shape index (κ1) is 63.8. The molecular weight excluding hydrogens is 751 g/mol. The van der Waals surface area contributed by atoms with Gasteiger partial charge in [0.25, 0.3) is 0 Å². The molecule has 0 nitrogen and oxygen atoms in total. The molecule has 334 valence electrons. The van der Waals surface area contributed by atoms with Gasteiger partial charge in [0, 0.05) is 5.56 Å². The van der Waals surface area contributed by atoms with Gasteiger partial charge in [-0.25, -0.2) is 26.3 Å². The highest BCUT2D eigenvalue weighted by molar-refractivity contribution is 5.25. The van der Waals surface area contributed by atoms with E-state index in [4.69, 9.17) is 0 Å². The molecule has 1 aliphatic carbocycles. The Hall–Kier alpha value is -4.32. The number of halogens is 6. The molecule has 6 heteroatoms. The molecule has 0 saturated heterocycles. The maximum Gasteiger partial charge on any atom is 0.161 e. The van der Waals surface area contributed by atoms with Crippen molar-refractivity contribution < 1.29 is 26.3 Å². The standard InChI is InChI=1S/2C8H8F2.2C8H9F.C8H16.C8H10.5CH4/c1-5-3-7(9)6(2)8(10)4-5;1-5-3-4-6(2)8(10)7(5)9;2*1-6-3-4-7(2)8(9)5-6;2*1-7-3-5-8(2)6-4-7;;;;;/h2*3-4H,1-2H3;2*3-5H,1-2H3;7-8H,3-6H2,1-2H3;3-6H,1-2H3;5*1H4. The zero-order valence-electron chi connectivity index (χ0n) is 34.3. The molecule has 0 aromatic heterocycles. The lowest BCUT2D eigenvalue weighted by Crippen LogP contribution is -2.08. The molecule has 59 heavy (non-hydrogen) atoms. The average molecular weight is 831 g/mol. The molecule has 0 amide bonds. The Balaban J connectivity index is -0.000000195. The molecule has 0 aliphatic heterocycles. The van der Waals surface area contributed by atoms with Gasteiger partial charge in [0.2, 0.25) is 0 Å². The first-order valence-electron chi connectivity index (χ1n) is 18.5. The lowest BCUT2D eigenvalue weighted by atomic mass is 9.84. The molecule has 1 fully saturated rings. The smallest absolute Gasteiger partial charge is 0.161 e. The Bertz CT molecular complexity index is 1720. The number of aryl methyl sites for hydroxylation is 9. The Morgan fingerprint density at radius 3 is 0.814 bits per heavy atom. The quantitative estimate of drug-likeness (QED) is 0.136. The van der Waals surface area contributed by atoms with Crippen molar-refractivity contribution in [2.24, 2.45) is 11.8 Å². The van der Waals surface area contributed by atoms with Gasteiger partial charge in [0.15, 0.2) is 11.6 Å². The zero-order chi connectivity index (χ0) is 41.1. The highest BCUT2D eigenvalue weighted by Gasteiger charge is 2.13. The largest absolute Gasteiger partial charge is 0.207 e. The van der Waals surface area contributed by atoms with E-state index in [1.807, 2.05) is 26.0 Å². The highest BCUT2D eigenvalue weighted by Crippen LogP contribution is 2.27. The molecular formula is C53H80F6. The second-order valence-corrected chi connectivity index (χ2v) is 14.7. The minimum Gasteiger partial charge on any atom is -0.207 e. The molecule has 6 rings (SSSR count). The Morgan fingerprint density at radius 1 is 0.322 bits per heavy atom. The molecule has 5 aromatic rings. The molecule has 0 unspecified atom stereocenters. The van der Waals surface area contributed by atoms with Crippen molar-refractivity contribution >= 4 is 0 Å². The van der Waals surface area contributed by atoms with Crippen LogP contribution in [0.4, 0.5) is 26.3 Å². The van der Waals surface area contributed by atoms with Crippen LogP contribution in [0.3, 0.4) is 0 Å². The molecule has 0 spiro atoms. The van der Waals surface area contributed by atoms with Crippen molar-refractivity contribution in [3.05, 3.63) is 175 Å². The number of benzene rings is 5. The summed E-state index contributed by atoms with van der Waals surface area (Å²) in [5.41, 5.74) is 7.42. The third-order valence-corrected chi connectivity index (χ3v) is 9.07. The van der Waals surface area contributed by atoms with Crippen LogP contribution < -0.4 is 0 Å². The van der Waals surface area contributed by atoms with E-state index in [1.165, 1.54) is 81.8 Å². The number of hydrogen-bond acceptors (Lipinski definition) is 0. The fraction of sp³-hybridized carbons (Fsp3) is 0.434. The molecule has 1 saturated carbocycles. The normalized spacial score (nSPS) is 13.0. The van der Waals surface area contributed by atoms with Crippen LogP contribution in [-0.2, 0) is 0 Å². The van der Waals surface area contributed by atoms with Crippen LogP contribution in [0, 0.1) is 116 Å². The summed E-state index contributed by atoms with van der Waals surface area (Å²) in [5, 5.41) is 0. The first-order valence-corrected chi connectivity index (χ1v) is 18.5. The van der Waals surface area contributed by atoms with E-state index in [0.717, 1.165) is 23.0 Å². The van der Waals surface area contributed by atoms with E-state index in [2.05, 4.69) is 52.0 Å². The van der Waals surface area contributed by atoms with Gasteiger partial charge in [0.1, 0.15) is 23.3 Å². The maximum absolute atomic E-state index is 12.6. The van der Waals surface area contributed by atoms with E-state index < -0.39 is 23.3 Å². The van der Waals surface area contributed by atoms with Crippen LogP contribution in [0.2, 0.25) is 0 Å². The SMILES string of the molecule is C.C.C.C.C.CC1CCC(C)CC1.Cc1cc(F)c(C)c(F)c1.Cc1ccc(C)c(F)c1.Cc1ccc(C)c(F)c1.Cc1ccc(C)c(F)c1F.Cc1ccc(C)cc1. The van der Waals surface area contributed by atoms with Crippen molar-refractivity contribution in [2.75, 3.05) is 0 Å². The summed E-state index contributed by atoms with van der Waals surface area (Å²) in [6.45, 7) is 22.4. The fourth-order valence-corrected chi connectivity index (χ4v) is 4.97. The van der Waals surface area contributed by atoms with Crippen LogP contribution in [0.25, 0.3) is 0 Å². The third kappa shape index (κ3) is 25.7. The predicted octanol–water partition coefficient (Wildman–Crippen LogP) is 18.4. The summed E-state index contributed by atoms with van der Waals surface area (Å²) in [4.78, 5) is 0. The van der Waals surface area contributed by atoms with E-state index in [1.54, 1.807) is 45.0 Å².